The number of nitrogens with zero attached hydrogens (tertiary/aromatic N) is 6. The van der Waals surface area contributed by atoms with Gasteiger partial charge in [0.1, 0.15) is 18.5 Å². The molecule has 0 unspecified atom stereocenters. The molecule has 1 saturated heterocycles. The van der Waals surface area contributed by atoms with E-state index in [0.717, 1.165) is 57.3 Å². The zero-order valence-electron chi connectivity index (χ0n) is 16.3. The molecule has 3 aromatic rings. The predicted octanol–water partition coefficient (Wildman–Crippen LogP) is 2.09. The van der Waals surface area contributed by atoms with Gasteiger partial charge in [0.05, 0.1) is 5.69 Å². The molecule has 0 spiro atoms. The second-order valence-corrected chi connectivity index (χ2v) is 7.06. The Balaban J connectivity index is 1.25. The van der Waals surface area contributed by atoms with Crippen molar-refractivity contribution in [1.82, 2.24) is 30.0 Å². The van der Waals surface area contributed by atoms with Crippen LogP contribution in [0.1, 0.15) is 18.1 Å². The first-order valence-corrected chi connectivity index (χ1v) is 9.88. The lowest BCUT2D eigenvalue weighted by Crippen LogP contribution is -2.46. The van der Waals surface area contributed by atoms with Crippen molar-refractivity contribution < 1.29 is 0 Å². The van der Waals surface area contributed by atoms with Crippen LogP contribution in [0.25, 0.3) is 5.69 Å². The molecular formula is C21H27N7. The van der Waals surface area contributed by atoms with Crippen LogP contribution in [-0.4, -0.2) is 57.4 Å². The van der Waals surface area contributed by atoms with Crippen molar-refractivity contribution in [1.29, 1.82) is 0 Å². The Bertz CT molecular complexity index is 835. The molecule has 2 aromatic heterocycles. The van der Waals surface area contributed by atoms with Gasteiger partial charge in [-0.15, -0.1) is 0 Å². The van der Waals surface area contributed by atoms with Gasteiger partial charge >= 0.3 is 0 Å². The molecule has 7 heteroatoms. The SMILES string of the molecule is CCN1CCN(c2ccc(CNCc3ccc(-n4cncn4)cc3)cn2)CC1. The molecule has 1 N–H and O–H groups in total. The monoisotopic (exact) mass is 377 g/mol. The molecule has 1 aliphatic rings. The Morgan fingerprint density at radius 3 is 2.32 bits per heavy atom. The van der Waals surface area contributed by atoms with Crippen LogP contribution in [0.4, 0.5) is 5.82 Å². The van der Waals surface area contributed by atoms with Crippen LogP contribution in [0.15, 0.2) is 55.2 Å². The van der Waals surface area contributed by atoms with E-state index in [1.54, 1.807) is 17.3 Å². The number of hydrogen-bond donors (Lipinski definition) is 1. The minimum absolute atomic E-state index is 0.807. The van der Waals surface area contributed by atoms with Crippen LogP contribution in [-0.2, 0) is 13.1 Å². The van der Waals surface area contributed by atoms with E-state index in [1.807, 2.05) is 6.20 Å². The third-order valence-electron chi connectivity index (χ3n) is 5.23. The Morgan fingerprint density at radius 2 is 1.68 bits per heavy atom. The largest absolute Gasteiger partial charge is 0.354 e. The minimum Gasteiger partial charge on any atom is -0.354 e. The smallest absolute Gasteiger partial charge is 0.138 e. The van der Waals surface area contributed by atoms with E-state index in [0.29, 0.717) is 0 Å². The average molecular weight is 377 g/mol. The maximum atomic E-state index is 4.67. The van der Waals surface area contributed by atoms with Crippen molar-refractivity contribution in [3.63, 3.8) is 0 Å². The Morgan fingerprint density at radius 1 is 0.929 bits per heavy atom. The second-order valence-electron chi connectivity index (χ2n) is 7.06. The number of nitrogens with one attached hydrogen (secondary N) is 1. The maximum absolute atomic E-state index is 4.67. The van der Waals surface area contributed by atoms with Crippen molar-refractivity contribution >= 4 is 5.82 Å². The standard InChI is InChI=1S/C21H27N7/c1-2-26-9-11-27(12-10-26)21-8-5-19(15-24-21)14-22-13-18-3-6-20(7-4-18)28-17-23-16-25-28/h3-8,15-17,22H,2,9-14H2,1H3. The fraction of sp³-hybridized carbons (Fsp3) is 0.381. The van der Waals surface area contributed by atoms with Gasteiger partial charge in [-0.2, -0.15) is 5.10 Å². The van der Waals surface area contributed by atoms with Crippen LogP contribution < -0.4 is 10.2 Å². The quantitative estimate of drug-likeness (QED) is 0.680. The summed E-state index contributed by atoms with van der Waals surface area (Å²) in [5, 5.41) is 7.63. The van der Waals surface area contributed by atoms with Crippen LogP contribution in [0.5, 0.6) is 0 Å². The third-order valence-corrected chi connectivity index (χ3v) is 5.23. The minimum atomic E-state index is 0.807. The van der Waals surface area contributed by atoms with E-state index >= 15 is 0 Å². The molecule has 28 heavy (non-hydrogen) atoms. The second kappa shape index (κ2) is 8.95. The third kappa shape index (κ3) is 4.55. The molecule has 1 fully saturated rings. The van der Waals surface area contributed by atoms with Crippen LogP contribution in [0.2, 0.25) is 0 Å². The molecule has 1 aromatic carbocycles. The van der Waals surface area contributed by atoms with Gasteiger partial charge in [0.2, 0.25) is 0 Å². The van der Waals surface area contributed by atoms with E-state index in [4.69, 9.17) is 0 Å². The fourth-order valence-corrected chi connectivity index (χ4v) is 3.46. The van der Waals surface area contributed by atoms with Crippen molar-refractivity contribution in [3.8, 4) is 5.69 Å². The molecule has 0 saturated carbocycles. The Labute approximate surface area is 166 Å². The van der Waals surface area contributed by atoms with Gasteiger partial charge in [0.25, 0.3) is 0 Å². The molecule has 0 aliphatic carbocycles. The van der Waals surface area contributed by atoms with Crippen molar-refractivity contribution in [2.24, 2.45) is 0 Å². The summed E-state index contributed by atoms with van der Waals surface area (Å²) in [5.74, 6) is 1.09. The molecular weight excluding hydrogens is 350 g/mol. The van der Waals surface area contributed by atoms with E-state index in [2.05, 4.69) is 73.5 Å². The molecule has 0 amide bonds. The summed E-state index contributed by atoms with van der Waals surface area (Å²) >= 11 is 0. The maximum Gasteiger partial charge on any atom is 0.138 e. The average Bonchev–Trinajstić information content (AvgIpc) is 3.30. The highest BCUT2D eigenvalue weighted by Gasteiger charge is 2.16. The molecule has 3 heterocycles. The van der Waals surface area contributed by atoms with Crippen molar-refractivity contribution in [2.75, 3.05) is 37.6 Å². The molecule has 1 aliphatic heterocycles. The molecule has 0 bridgehead atoms. The van der Waals surface area contributed by atoms with Gasteiger partial charge in [-0.25, -0.2) is 14.6 Å². The molecule has 146 valence electrons. The van der Waals surface area contributed by atoms with E-state index in [1.165, 1.54) is 11.1 Å². The number of hydrogen-bond acceptors (Lipinski definition) is 6. The summed E-state index contributed by atoms with van der Waals surface area (Å²) in [5.41, 5.74) is 3.46. The predicted molar refractivity (Wildman–Crippen MR) is 110 cm³/mol. The van der Waals surface area contributed by atoms with Gasteiger partial charge in [0, 0.05) is 45.5 Å². The number of likely N-dealkylation sites (N-methyl/N-ethyl adjacent to an activating group) is 1. The molecule has 0 atom stereocenters. The first-order valence-electron chi connectivity index (χ1n) is 9.88. The van der Waals surface area contributed by atoms with Crippen LogP contribution in [0.3, 0.4) is 0 Å². The Hall–Kier alpha value is -2.77. The van der Waals surface area contributed by atoms with Crippen molar-refractivity contribution in [3.05, 3.63) is 66.4 Å². The highest BCUT2D eigenvalue weighted by molar-refractivity contribution is 5.40. The summed E-state index contributed by atoms with van der Waals surface area (Å²) in [4.78, 5) is 13.5. The molecule has 0 radical (unpaired) electrons. The van der Waals surface area contributed by atoms with Gasteiger partial charge in [-0.1, -0.05) is 25.1 Å². The summed E-state index contributed by atoms with van der Waals surface area (Å²) in [7, 11) is 0. The number of rotatable bonds is 7. The Kier molecular flexibility index (Phi) is 5.94. The lowest BCUT2D eigenvalue weighted by atomic mass is 10.2. The zero-order valence-corrected chi connectivity index (χ0v) is 16.3. The van der Waals surface area contributed by atoms with E-state index < -0.39 is 0 Å². The number of anilines is 1. The number of piperazine rings is 1. The molecule has 7 nitrogen and oxygen atoms in total. The van der Waals surface area contributed by atoms with Crippen LogP contribution in [0, 0.1) is 0 Å². The first kappa shape index (κ1) is 18.6. The zero-order chi connectivity index (χ0) is 19.2. The van der Waals surface area contributed by atoms with Gasteiger partial charge in [0.15, 0.2) is 0 Å². The topological polar surface area (TPSA) is 62.1 Å². The van der Waals surface area contributed by atoms with Gasteiger partial charge in [-0.05, 0) is 35.9 Å². The first-order chi connectivity index (χ1) is 13.8. The van der Waals surface area contributed by atoms with E-state index in [9.17, 15) is 0 Å². The number of benzene rings is 1. The summed E-state index contributed by atoms with van der Waals surface area (Å²) < 4.78 is 1.76. The lowest BCUT2D eigenvalue weighted by Gasteiger charge is -2.34. The van der Waals surface area contributed by atoms with E-state index in [-0.39, 0.29) is 0 Å². The van der Waals surface area contributed by atoms with Crippen molar-refractivity contribution in [2.45, 2.75) is 20.0 Å². The van der Waals surface area contributed by atoms with Crippen LogP contribution >= 0.6 is 0 Å². The number of pyridine rings is 1. The fourth-order valence-electron chi connectivity index (χ4n) is 3.46. The normalized spacial score (nSPS) is 15.1. The lowest BCUT2D eigenvalue weighted by molar-refractivity contribution is 0.270. The number of aromatic nitrogens is 4. The summed E-state index contributed by atoms with van der Waals surface area (Å²) in [6.45, 7) is 9.34. The summed E-state index contributed by atoms with van der Waals surface area (Å²) in [6, 6.07) is 12.7. The highest BCUT2D eigenvalue weighted by Crippen LogP contribution is 2.14. The molecule has 4 rings (SSSR count). The van der Waals surface area contributed by atoms with Gasteiger partial charge in [-0.3, -0.25) is 0 Å². The highest BCUT2D eigenvalue weighted by atomic mass is 15.3. The summed E-state index contributed by atoms with van der Waals surface area (Å²) in [6.07, 6.45) is 5.23. The van der Waals surface area contributed by atoms with Gasteiger partial charge < -0.3 is 15.1 Å².